The minimum absolute atomic E-state index is 0.148. The molecule has 2 aromatic carbocycles. The molecule has 46 heavy (non-hydrogen) atoms. The predicted molar refractivity (Wildman–Crippen MR) is 172 cm³/mol. The van der Waals surface area contributed by atoms with Gasteiger partial charge in [-0.2, -0.15) is 5.10 Å². The fourth-order valence-corrected chi connectivity index (χ4v) is 7.04. The van der Waals surface area contributed by atoms with E-state index in [0.29, 0.717) is 48.6 Å². The molecule has 5 heterocycles. The number of halogens is 1. The van der Waals surface area contributed by atoms with Crippen LogP contribution in [-0.2, 0) is 19.4 Å². The number of likely N-dealkylation sites (N-methyl/N-ethyl adjacent to an activating group) is 1. The average molecular weight is 622 g/mol. The number of aryl methyl sites for hydroxylation is 1. The van der Waals surface area contributed by atoms with E-state index in [4.69, 9.17) is 4.98 Å². The molecule has 2 aliphatic heterocycles. The number of aromatic amines is 2. The van der Waals surface area contributed by atoms with Crippen molar-refractivity contribution in [1.29, 1.82) is 0 Å². The molecule has 0 atom stereocenters. The second-order valence-corrected chi connectivity index (χ2v) is 13.1. The first-order chi connectivity index (χ1) is 22.3. The smallest absolute Gasteiger partial charge is 0.274 e. The number of H-pyrrole nitrogens is 2. The first-order valence-electron chi connectivity index (χ1n) is 15.9. The number of nitrogens with zero attached hydrogens (tertiary/aromatic N) is 7. The van der Waals surface area contributed by atoms with E-state index in [9.17, 15) is 14.3 Å². The van der Waals surface area contributed by atoms with Crippen LogP contribution in [-0.4, -0.2) is 90.7 Å². The zero-order valence-corrected chi connectivity index (χ0v) is 26.0. The molecule has 0 unspecified atom stereocenters. The van der Waals surface area contributed by atoms with Crippen LogP contribution in [0.25, 0.3) is 33.5 Å². The van der Waals surface area contributed by atoms with E-state index in [1.54, 1.807) is 17.3 Å². The molecule has 1 amide bonds. The molecule has 1 spiro atoms. The summed E-state index contributed by atoms with van der Waals surface area (Å²) in [6.45, 7) is 6.90. The third-order valence-corrected chi connectivity index (χ3v) is 9.79. The first-order valence-corrected chi connectivity index (χ1v) is 15.9. The van der Waals surface area contributed by atoms with E-state index in [2.05, 4.69) is 42.0 Å². The number of imidazole rings is 1. The molecule has 3 aliphatic rings. The molecule has 8 rings (SSSR count). The molecule has 12 heteroatoms. The molecule has 3 N–H and O–H groups in total. The highest BCUT2D eigenvalue weighted by molar-refractivity contribution is 5.94. The minimum Gasteiger partial charge on any atom is -0.505 e. The minimum atomic E-state index is -0.650. The van der Waals surface area contributed by atoms with Gasteiger partial charge in [0.05, 0.1) is 35.8 Å². The van der Waals surface area contributed by atoms with Crippen molar-refractivity contribution in [3.05, 3.63) is 71.2 Å². The standard InChI is InChI=1S/C34H36FN9O2/c1-3-20-13-29(45)24(35)14-23(20)21-4-5-22-26(12-21)40-41-31(22)32-38-25-6-9-43(17-28(25)39-32)33(46)27-15-37-30(16-36-27)44-11-10-42(2)18-34(19-44)7-8-34/h4-5,12-16,45H,3,6-11,17-19H2,1-2H3,(H,38,39)(H,40,41). The zero-order valence-electron chi connectivity index (χ0n) is 26.0. The van der Waals surface area contributed by atoms with Crippen LogP contribution in [0.5, 0.6) is 5.75 Å². The number of phenols is 1. The monoisotopic (exact) mass is 621 g/mol. The summed E-state index contributed by atoms with van der Waals surface area (Å²) in [5, 5.41) is 18.3. The normalized spacial score (nSPS) is 17.8. The van der Waals surface area contributed by atoms with Gasteiger partial charge < -0.3 is 24.8 Å². The van der Waals surface area contributed by atoms with Crippen LogP contribution < -0.4 is 4.90 Å². The molecule has 3 aromatic heterocycles. The molecular formula is C34H36FN9O2. The third-order valence-electron chi connectivity index (χ3n) is 9.79. The lowest BCUT2D eigenvalue weighted by molar-refractivity contribution is 0.0725. The van der Waals surface area contributed by atoms with Gasteiger partial charge in [-0.15, -0.1) is 0 Å². The first kappa shape index (κ1) is 28.6. The van der Waals surface area contributed by atoms with E-state index < -0.39 is 5.82 Å². The van der Waals surface area contributed by atoms with E-state index >= 15 is 0 Å². The highest BCUT2D eigenvalue weighted by Crippen LogP contribution is 2.48. The van der Waals surface area contributed by atoms with E-state index in [0.717, 1.165) is 71.0 Å². The summed E-state index contributed by atoms with van der Waals surface area (Å²) in [5.74, 6) is 0.314. The number of aromatic nitrogens is 6. The molecule has 0 bridgehead atoms. The number of benzene rings is 2. The van der Waals surface area contributed by atoms with Crippen LogP contribution in [0.4, 0.5) is 10.2 Å². The van der Waals surface area contributed by atoms with Crippen LogP contribution in [0.15, 0.2) is 42.7 Å². The van der Waals surface area contributed by atoms with Crippen molar-refractivity contribution in [2.24, 2.45) is 5.41 Å². The van der Waals surface area contributed by atoms with Gasteiger partial charge in [-0.1, -0.05) is 13.0 Å². The van der Waals surface area contributed by atoms with Crippen LogP contribution >= 0.6 is 0 Å². The van der Waals surface area contributed by atoms with Crippen molar-refractivity contribution >= 4 is 22.6 Å². The molecule has 0 radical (unpaired) electrons. The van der Waals surface area contributed by atoms with E-state index in [-0.39, 0.29) is 11.7 Å². The summed E-state index contributed by atoms with van der Waals surface area (Å²) in [4.78, 5) is 37.4. The van der Waals surface area contributed by atoms with Gasteiger partial charge in [-0.3, -0.25) is 9.89 Å². The summed E-state index contributed by atoms with van der Waals surface area (Å²) in [7, 11) is 2.18. The Morgan fingerprint density at radius 1 is 1.09 bits per heavy atom. The number of anilines is 1. The van der Waals surface area contributed by atoms with Gasteiger partial charge in [0, 0.05) is 49.9 Å². The van der Waals surface area contributed by atoms with Gasteiger partial charge >= 0.3 is 0 Å². The van der Waals surface area contributed by atoms with E-state index in [1.165, 1.54) is 25.0 Å². The summed E-state index contributed by atoms with van der Waals surface area (Å²) in [6.07, 6.45) is 7.13. The number of hydrogen-bond acceptors (Lipinski definition) is 8. The highest BCUT2D eigenvalue weighted by Gasteiger charge is 2.46. The summed E-state index contributed by atoms with van der Waals surface area (Å²) >= 11 is 0. The number of hydrogen-bond donors (Lipinski definition) is 3. The van der Waals surface area contributed by atoms with Crippen molar-refractivity contribution in [2.45, 2.75) is 39.2 Å². The average Bonchev–Trinajstić information content (AvgIpc) is 3.53. The topological polar surface area (TPSA) is 130 Å². The molecule has 5 aromatic rings. The Kier molecular flexibility index (Phi) is 6.78. The Bertz CT molecular complexity index is 1960. The van der Waals surface area contributed by atoms with Crippen LogP contribution in [0.1, 0.15) is 47.2 Å². The maximum absolute atomic E-state index is 14.2. The Morgan fingerprint density at radius 2 is 1.96 bits per heavy atom. The quantitative estimate of drug-likeness (QED) is 0.261. The summed E-state index contributed by atoms with van der Waals surface area (Å²) in [6, 6.07) is 8.66. The van der Waals surface area contributed by atoms with Crippen LogP contribution in [0.2, 0.25) is 0 Å². The lowest BCUT2D eigenvalue weighted by Gasteiger charge is -2.26. The Balaban J connectivity index is 0.988. The zero-order chi connectivity index (χ0) is 31.6. The van der Waals surface area contributed by atoms with Crippen molar-refractivity contribution in [1.82, 2.24) is 39.9 Å². The number of aromatic hydroxyl groups is 1. The van der Waals surface area contributed by atoms with E-state index in [1.807, 2.05) is 25.1 Å². The summed E-state index contributed by atoms with van der Waals surface area (Å²) < 4.78 is 14.2. The Morgan fingerprint density at radius 3 is 2.74 bits per heavy atom. The van der Waals surface area contributed by atoms with Crippen molar-refractivity contribution in [3.8, 4) is 28.4 Å². The third kappa shape index (κ3) is 5.06. The second-order valence-electron chi connectivity index (χ2n) is 13.1. The van der Waals surface area contributed by atoms with Gasteiger partial charge in [-0.05, 0) is 67.3 Å². The molecule has 11 nitrogen and oxygen atoms in total. The van der Waals surface area contributed by atoms with Crippen molar-refractivity contribution in [2.75, 3.05) is 44.7 Å². The van der Waals surface area contributed by atoms with Gasteiger partial charge in [0.25, 0.3) is 5.91 Å². The van der Waals surface area contributed by atoms with Crippen LogP contribution in [0.3, 0.4) is 0 Å². The number of carbonyl (C=O) groups is 1. The second kappa shape index (κ2) is 10.9. The highest BCUT2D eigenvalue weighted by atomic mass is 19.1. The Hall–Kier alpha value is -4.84. The largest absolute Gasteiger partial charge is 0.505 e. The van der Waals surface area contributed by atoms with Gasteiger partial charge in [0.2, 0.25) is 0 Å². The van der Waals surface area contributed by atoms with Gasteiger partial charge in [0.15, 0.2) is 17.4 Å². The van der Waals surface area contributed by atoms with Crippen molar-refractivity contribution in [3.63, 3.8) is 0 Å². The fourth-order valence-electron chi connectivity index (χ4n) is 7.04. The number of phenolic OH excluding ortho intramolecular Hbond substituents is 1. The number of fused-ring (bicyclic) bond motifs is 2. The molecular weight excluding hydrogens is 585 g/mol. The summed E-state index contributed by atoms with van der Waals surface area (Å²) in [5.41, 5.74) is 6.38. The lowest BCUT2D eigenvalue weighted by atomic mass is 9.96. The Labute approximate surface area is 265 Å². The molecule has 236 valence electrons. The predicted octanol–water partition coefficient (Wildman–Crippen LogP) is 4.55. The number of carbonyl (C=O) groups excluding carboxylic acids is 1. The van der Waals surface area contributed by atoms with Crippen molar-refractivity contribution < 1.29 is 14.3 Å². The number of nitrogens with one attached hydrogen (secondary N) is 2. The molecule has 1 saturated carbocycles. The number of rotatable bonds is 5. The fraction of sp³-hybridized carbons (Fsp3) is 0.382. The number of amides is 1. The van der Waals surface area contributed by atoms with Crippen LogP contribution in [0, 0.1) is 11.2 Å². The van der Waals surface area contributed by atoms with Gasteiger partial charge in [-0.25, -0.2) is 19.3 Å². The molecule has 1 saturated heterocycles. The molecule has 2 fully saturated rings. The van der Waals surface area contributed by atoms with Gasteiger partial charge in [0.1, 0.15) is 17.2 Å². The SMILES string of the molecule is CCc1cc(O)c(F)cc1-c1ccc2c(-c3nc4c([nH]3)CN(C(=O)c3cnc(N5CCN(C)CC6(CC6)C5)cn3)CC4)n[nH]c2c1. The maximum atomic E-state index is 14.2. The lowest BCUT2D eigenvalue weighted by Crippen LogP contribution is -2.36. The molecule has 1 aliphatic carbocycles. The maximum Gasteiger partial charge on any atom is 0.274 e.